The molecular formula is C10H18ClN3. The lowest BCUT2D eigenvalue weighted by atomic mass is 9.78. The van der Waals surface area contributed by atoms with Crippen LogP contribution in [-0.2, 0) is 13.5 Å². The lowest BCUT2D eigenvalue weighted by Crippen LogP contribution is -2.29. The predicted octanol–water partition coefficient (Wildman–Crippen LogP) is 2.26. The van der Waals surface area contributed by atoms with Gasteiger partial charge in [0, 0.05) is 19.3 Å². The Morgan fingerprint density at radius 3 is 2.57 bits per heavy atom. The molecule has 0 saturated heterocycles. The second kappa shape index (κ2) is 4.30. The van der Waals surface area contributed by atoms with Crippen LogP contribution in [0, 0.1) is 11.3 Å². The van der Waals surface area contributed by atoms with E-state index in [-0.39, 0.29) is 5.41 Å². The number of aryl methyl sites for hydroxylation is 1. The molecule has 0 aliphatic carbocycles. The molecule has 0 fully saturated rings. The summed E-state index contributed by atoms with van der Waals surface area (Å²) >= 11 is 6.02. The monoisotopic (exact) mass is 215 g/mol. The Labute approximate surface area is 90.5 Å². The van der Waals surface area contributed by atoms with Crippen molar-refractivity contribution in [2.75, 3.05) is 5.88 Å². The highest BCUT2D eigenvalue weighted by molar-refractivity contribution is 6.18. The molecule has 0 saturated carbocycles. The molecule has 1 atom stereocenters. The average Bonchev–Trinajstić information content (AvgIpc) is 2.51. The topological polar surface area (TPSA) is 30.7 Å². The molecule has 80 valence electrons. The van der Waals surface area contributed by atoms with Gasteiger partial charge in [-0.25, -0.2) is 4.98 Å². The van der Waals surface area contributed by atoms with E-state index in [9.17, 15) is 0 Å². The molecule has 0 radical (unpaired) electrons. The van der Waals surface area contributed by atoms with E-state index in [2.05, 4.69) is 30.9 Å². The normalized spacial score (nSPS) is 15.9. The van der Waals surface area contributed by atoms with E-state index in [0.717, 1.165) is 12.2 Å². The fourth-order valence-corrected chi connectivity index (χ4v) is 1.65. The highest BCUT2D eigenvalue weighted by atomic mass is 35.5. The number of rotatable bonds is 4. The molecule has 4 heteroatoms. The first-order chi connectivity index (χ1) is 6.49. The number of alkyl halides is 1. The summed E-state index contributed by atoms with van der Waals surface area (Å²) in [6.07, 6.45) is 2.47. The highest BCUT2D eigenvalue weighted by Crippen LogP contribution is 2.31. The summed E-state index contributed by atoms with van der Waals surface area (Å²) in [5, 5.41) is 4.06. The fourth-order valence-electron chi connectivity index (χ4n) is 1.25. The lowest BCUT2D eigenvalue weighted by Gasteiger charge is -2.30. The summed E-state index contributed by atoms with van der Waals surface area (Å²) in [5.41, 5.74) is 0.0996. The molecule has 1 aromatic rings. The van der Waals surface area contributed by atoms with Crippen molar-refractivity contribution in [2.24, 2.45) is 18.4 Å². The maximum Gasteiger partial charge on any atom is 0.138 e. The number of aromatic nitrogens is 3. The Bertz CT molecular complexity index is 295. The van der Waals surface area contributed by atoms with Crippen molar-refractivity contribution in [3.63, 3.8) is 0 Å². The van der Waals surface area contributed by atoms with Crippen LogP contribution in [0.3, 0.4) is 0 Å². The molecule has 1 unspecified atom stereocenters. The van der Waals surface area contributed by atoms with Gasteiger partial charge in [0.15, 0.2) is 0 Å². The standard InChI is InChI=1S/C10H18ClN3/c1-8(2)10(3,6-11)5-9-12-7-13-14(9)4/h7-8H,5-6H2,1-4H3. The number of hydrogen-bond acceptors (Lipinski definition) is 2. The van der Waals surface area contributed by atoms with E-state index in [4.69, 9.17) is 11.6 Å². The third-order valence-corrected chi connectivity index (χ3v) is 3.68. The quantitative estimate of drug-likeness (QED) is 0.722. The van der Waals surface area contributed by atoms with Gasteiger partial charge < -0.3 is 0 Å². The largest absolute Gasteiger partial charge is 0.253 e. The first-order valence-electron chi connectivity index (χ1n) is 4.88. The van der Waals surface area contributed by atoms with Crippen LogP contribution in [0.2, 0.25) is 0 Å². The molecule has 14 heavy (non-hydrogen) atoms. The number of hydrogen-bond donors (Lipinski definition) is 0. The summed E-state index contributed by atoms with van der Waals surface area (Å²) < 4.78 is 1.81. The predicted molar refractivity (Wildman–Crippen MR) is 58.4 cm³/mol. The highest BCUT2D eigenvalue weighted by Gasteiger charge is 2.29. The summed E-state index contributed by atoms with van der Waals surface area (Å²) in [6.45, 7) is 6.58. The van der Waals surface area contributed by atoms with Crippen LogP contribution < -0.4 is 0 Å². The zero-order chi connectivity index (χ0) is 10.8. The molecule has 1 aromatic heterocycles. The summed E-state index contributed by atoms with van der Waals surface area (Å²) in [4.78, 5) is 4.22. The Balaban J connectivity index is 2.80. The maximum absolute atomic E-state index is 6.02. The smallest absolute Gasteiger partial charge is 0.138 e. The van der Waals surface area contributed by atoms with Gasteiger partial charge in [-0.3, -0.25) is 4.68 Å². The van der Waals surface area contributed by atoms with Crippen molar-refractivity contribution < 1.29 is 0 Å². The third-order valence-electron chi connectivity index (χ3n) is 3.07. The number of nitrogens with zero attached hydrogens (tertiary/aromatic N) is 3. The van der Waals surface area contributed by atoms with E-state index in [1.165, 1.54) is 0 Å². The van der Waals surface area contributed by atoms with Gasteiger partial charge in [0.1, 0.15) is 12.2 Å². The molecule has 0 aliphatic heterocycles. The average molecular weight is 216 g/mol. The molecule has 3 nitrogen and oxygen atoms in total. The van der Waals surface area contributed by atoms with Crippen LogP contribution in [0.4, 0.5) is 0 Å². The molecule has 0 N–H and O–H groups in total. The molecule has 1 heterocycles. The zero-order valence-electron chi connectivity index (χ0n) is 9.29. The van der Waals surface area contributed by atoms with Gasteiger partial charge in [0.25, 0.3) is 0 Å². The van der Waals surface area contributed by atoms with Crippen LogP contribution in [0.1, 0.15) is 26.6 Å². The second-order valence-corrected chi connectivity index (χ2v) is 4.69. The molecule has 0 aromatic carbocycles. The van der Waals surface area contributed by atoms with Crippen molar-refractivity contribution in [3.05, 3.63) is 12.2 Å². The third kappa shape index (κ3) is 2.27. The van der Waals surface area contributed by atoms with Crippen LogP contribution in [0.25, 0.3) is 0 Å². The van der Waals surface area contributed by atoms with Gasteiger partial charge >= 0.3 is 0 Å². The van der Waals surface area contributed by atoms with E-state index in [1.807, 2.05) is 11.7 Å². The first-order valence-corrected chi connectivity index (χ1v) is 5.42. The summed E-state index contributed by atoms with van der Waals surface area (Å²) in [6, 6.07) is 0. The minimum atomic E-state index is 0.0996. The van der Waals surface area contributed by atoms with Gasteiger partial charge in [-0.15, -0.1) is 11.6 Å². The molecule has 0 amide bonds. The van der Waals surface area contributed by atoms with Gasteiger partial charge in [0.2, 0.25) is 0 Å². The maximum atomic E-state index is 6.02. The van der Waals surface area contributed by atoms with E-state index in [0.29, 0.717) is 11.8 Å². The minimum absolute atomic E-state index is 0.0996. The Morgan fingerprint density at radius 1 is 1.57 bits per heavy atom. The lowest BCUT2D eigenvalue weighted by molar-refractivity contribution is 0.245. The SMILES string of the molecule is CC(C)C(C)(CCl)Cc1ncnn1C. The first kappa shape index (κ1) is 11.5. The fraction of sp³-hybridized carbons (Fsp3) is 0.800. The van der Waals surface area contributed by atoms with Crippen molar-refractivity contribution in [3.8, 4) is 0 Å². The van der Waals surface area contributed by atoms with Gasteiger partial charge in [-0.05, 0) is 11.3 Å². The molecular weight excluding hydrogens is 198 g/mol. The Morgan fingerprint density at radius 2 is 2.21 bits per heavy atom. The van der Waals surface area contributed by atoms with E-state index in [1.54, 1.807) is 6.33 Å². The van der Waals surface area contributed by atoms with Crippen molar-refractivity contribution in [1.29, 1.82) is 0 Å². The number of halogens is 1. The van der Waals surface area contributed by atoms with Crippen molar-refractivity contribution in [2.45, 2.75) is 27.2 Å². The van der Waals surface area contributed by atoms with Crippen LogP contribution >= 0.6 is 11.6 Å². The molecule has 1 rings (SSSR count). The van der Waals surface area contributed by atoms with Gasteiger partial charge in [0.05, 0.1) is 0 Å². The molecule has 0 bridgehead atoms. The van der Waals surface area contributed by atoms with Gasteiger partial charge in [-0.1, -0.05) is 20.8 Å². The Kier molecular flexibility index (Phi) is 3.53. The molecule has 0 spiro atoms. The Hall–Kier alpha value is -0.570. The second-order valence-electron chi connectivity index (χ2n) is 4.42. The summed E-state index contributed by atoms with van der Waals surface area (Å²) in [7, 11) is 1.91. The molecule has 0 aliphatic rings. The van der Waals surface area contributed by atoms with Crippen LogP contribution in [0.15, 0.2) is 6.33 Å². The zero-order valence-corrected chi connectivity index (χ0v) is 10.0. The van der Waals surface area contributed by atoms with Crippen LogP contribution in [0.5, 0.6) is 0 Å². The minimum Gasteiger partial charge on any atom is -0.253 e. The van der Waals surface area contributed by atoms with E-state index >= 15 is 0 Å². The van der Waals surface area contributed by atoms with Gasteiger partial charge in [-0.2, -0.15) is 5.10 Å². The van der Waals surface area contributed by atoms with E-state index < -0.39 is 0 Å². The van der Waals surface area contributed by atoms with Crippen LogP contribution in [-0.4, -0.2) is 20.6 Å². The summed E-state index contributed by atoms with van der Waals surface area (Å²) in [5.74, 6) is 2.19. The van der Waals surface area contributed by atoms with Crippen molar-refractivity contribution >= 4 is 11.6 Å². The van der Waals surface area contributed by atoms with Crippen molar-refractivity contribution in [1.82, 2.24) is 14.8 Å².